The van der Waals surface area contributed by atoms with E-state index in [0.29, 0.717) is 28.4 Å². The number of fused-ring (bicyclic) bond motifs is 1. The minimum Gasteiger partial charge on any atom is -0.497 e. The summed E-state index contributed by atoms with van der Waals surface area (Å²) >= 11 is 6.47. The fourth-order valence-electron chi connectivity index (χ4n) is 3.65. The van der Waals surface area contributed by atoms with E-state index in [2.05, 4.69) is 0 Å². The second kappa shape index (κ2) is 8.29. The third-order valence-electron chi connectivity index (χ3n) is 5.23. The van der Waals surface area contributed by atoms with E-state index in [-0.39, 0.29) is 14.8 Å². The number of carboxylic acid groups (broad SMARTS) is 1. The fraction of sp³-hybridized carbons (Fsp3) is 0.182. The predicted molar refractivity (Wildman–Crippen MR) is 125 cm³/mol. The first-order valence-corrected chi connectivity index (χ1v) is 10.7. The summed E-state index contributed by atoms with van der Waals surface area (Å²) in [5, 5.41) is 9.49. The lowest BCUT2D eigenvalue weighted by Crippen LogP contribution is -2.41. The van der Waals surface area contributed by atoms with Gasteiger partial charge in [0.25, 0.3) is 11.8 Å². The van der Waals surface area contributed by atoms with E-state index >= 15 is 0 Å². The number of nitrogens with zero attached hydrogens (tertiary/aromatic N) is 2. The maximum absolute atomic E-state index is 13.5. The summed E-state index contributed by atoms with van der Waals surface area (Å²) in [7, 11) is 2.98. The number of aliphatic carboxylic acids is 1. The molecule has 2 aromatic carbocycles. The predicted octanol–water partition coefficient (Wildman–Crippen LogP) is 3.30. The van der Waals surface area contributed by atoms with Gasteiger partial charge in [-0.25, -0.2) is 4.79 Å². The molecule has 0 saturated carbocycles. The SMILES string of the molecule is COc1ccc(OC)c(N2C(=O)C(=C3C(=O)N(C(C)C(=O)O)c4ccccc43)SC2=S)c1. The second-order valence-corrected chi connectivity index (χ2v) is 8.60. The molecular formula is C22H18N2O6S2. The quantitative estimate of drug-likeness (QED) is 0.525. The number of para-hydroxylation sites is 1. The Balaban J connectivity index is 1.86. The molecule has 1 N–H and O–H groups in total. The average molecular weight is 471 g/mol. The van der Waals surface area contributed by atoms with Crippen LogP contribution in [-0.4, -0.2) is 47.5 Å². The van der Waals surface area contributed by atoms with Crippen molar-refractivity contribution in [3.63, 3.8) is 0 Å². The van der Waals surface area contributed by atoms with Gasteiger partial charge in [-0.3, -0.25) is 19.4 Å². The minimum absolute atomic E-state index is 0.135. The van der Waals surface area contributed by atoms with Crippen LogP contribution in [0.5, 0.6) is 11.5 Å². The molecule has 32 heavy (non-hydrogen) atoms. The van der Waals surface area contributed by atoms with Gasteiger partial charge in [0.1, 0.15) is 17.5 Å². The van der Waals surface area contributed by atoms with Gasteiger partial charge in [0.05, 0.1) is 36.1 Å². The van der Waals surface area contributed by atoms with Crippen molar-refractivity contribution in [3.05, 3.63) is 52.9 Å². The molecule has 164 valence electrons. The van der Waals surface area contributed by atoms with Crippen LogP contribution >= 0.6 is 24.0 Å². The largest absolute Gasteiger partial charge is 0.497 e. The van der Waals surface area contributed by atoms with Gasteiger partial charge in [0.15, 0.2) is 4.32 Å². The molecule has 1 unspecified atom stereocenters. The Labute approximate surface area is 193 Å². The Bertz CT molecular complexity index is 1210. The van der Waals surface area contributed by atoms with Crippen LogP contribution in [0.25, 0.3) is 5.57 Å². The Morgan fingerprint density at radius 1 is 1.06 bits per heavy atom. The summed E-state index contributed by atoms with van der Waals surface area (Å²) in [6.45, 7) is 1.42. The first kappa shape index (κ1) is 21.8. The van der Waals surface area contributed by atoms with Crippen LogP contribution in [-0.2, 0) is 14.4 Å². The highest BCUT2D eigenvalue weighted by Crippen LogP contribution is 2.47. The highest BCUT2D eigenvalue weighted by Gasteiger charge is 2.45. The lowest BCUT2D eigenvalue weighted by Gasteiger charge is -2.21. The number of carboxylic acids is 1. The molecule has 0 radical (unpaired) electrons. The number of rotatable bonds is 5. The first-order valence-electron chi connectivity index (χ1n) is 9.48. The molecular weight excluding hydrogens is 452 g/mol. The maximum Gasteiger partial charge on any atom is 0.326 e. The van der Waals surface area contributed by atoms with Crippen molar-refractivity contribution in [2.24, 2.45) is 0 Å². The number of benzene rings is 2. The van der Waals surface area contributed by atoms with Gasteiger partial charge in [0.2, 0.25) is 0 Å². The topological polar surface area (TPSA) is 96.4 Å². The van der Waals surface area contributed by atoms with Gasteiger partial charge in [-0.2, -0.15) is 0 Å². The van der Waals surface area contributed by atoms with Crippen molar-refractivity contribution < 1.29 is 29.0 Å². The summed E-state index contributed by atoms with van der Waals surface area (Å²) < 4.78 is 10.9. The van der Waals surface area contributed by atoms with E-state index in [1.807, 2.05) is 0 Å². The zero-order valence-corrected chi connectivity index (χ0v) is 19.0. The molecule has 0 spiro atoms. The first-order chi connectivity index (χ1) is 15.3. The third kappa shape index (κ3) is 3.32. The molecule has 1 atom stereocenters. The van der Waals surface area contributed by atoms with Crippen LogP contribution in [0.4, 0.5) is 11.4 Å². The van der Waals surface area contributed by atoms with Gasteiger partial charge >= 0.3 is 5.97 Å². The lowest BCUT2D eigenvalue weighted by molar-refractivity contribution is -0.139. The van der Waals surface area contributed by atoms with Crippen LogP contribution in [0.1, 0.15) is 12.5 Å². The molecule has 0 aliphatic carbocycles. The molecule has 0 aromatic heterocycles. The lowest BCUT2D eigenvalue weighted by atomic mass is 10.1. The summed E-state index contributed by atoms with van der Waals surface area (Å²) in [5.74, 6) is -1.28. The highest BCUT2D eigenvalue weighted by molar-refractivity contribution is 8.27. The van der Waals surface area contributed by atoms with Crippen molar-refractivity contribution in [2.75, 3.05) is 24.0 Å². The number of hydrogen-bond acceptors (Lipinski definition) is 7. The summed E-state index contributed by atoms with van der Waals surface area (Å²) in [5.41, 5.74) is 1.45. The number of ether oxygens (including phenoxy) is 2. The van der Waals surface area contributed by atoms with E-state index in [1.54, 1.807) is 42.5 Å². The van der Waals surface area contributed by atoms with Crippen LogP contribution < -0.4 is 19.3 Å². The summed E-state index contributed by atoms with van der Waals surface area (Å²) in [6.07, 6.45) is 0. The Morgan fingerprint density at radius 3 is 2.44 bits per heavy atom. The van der Waals surface area contributed by atoms with E-state index in [0.717, 1.165) is 11.8 Å². The number of anilines is 2. The van der Waals surface area contributed by atoms with Crippen molar-refractivity contribution in [1.82, 2.24) is 0 Å². The van der Waals surface area contributed by atoms with Crippen molar-refractivity contribution >= 4 is 63.0 Å². The fourth-order valence-corrected chi connectivity index (χ4v) is 5.01. The normalized spacial score (nSPS) is 18.8. The molecule has 1 fully saturated rings. The van der Waals surface area contributed by atoms with Gasteiger partial charge in [-0.1, -0.05) is 42.2 Å². The molecule has 10 heteroatoms. The van der Waals surface area contributed by atoms with E-state index in [1.165, 1.54) is 30.9 Å². The van der Waals surface area contributed by atoms with Crippen LogP contribution in [0.3, 0.4) is 0 Å². The van der Waals surface area contributed by atoms with Gasteiger partial charge in [0, 0.05) is 11.6 Å². The van der Waals surface area contributed by atoms with Crippen LogP contribution in [0, 0.1) is 0 Å². The Kier molecular flexibility index (Phi) is 5.66. The molecule has 2 aromatic rings. The van der Waals surface area contributed by atoms with Crippen molar-refractivity contribution in [2.45, 2.75) is 13.0 Å². The van der Waals surface area contributed by atoms with E-state index in [9.17, 15) is 19.5 Å². The van der Waals surface area contributed by atoms with Crippen molar-refractivity contribution in [3.8, 4) is 11.5 Å². The number of carbonyl (C=O) groups excluding carboxylic acids is 2. The maximum atomic E-state index is 13.5. The van der Waals surface area contributed by atoms with Crippen LogP contribution in [0.15, 0.2) is 47.4 Å². The van der Waals surface area contributed by atoms with E-state index < -0.39 is 23.8 Å². The average Bonchev–Trinajstić information content (AvgIpc) is 3.24. The molecule has 2 heterocycles. The van der Waals surface area contributed by atoms with E-state index in [4.69, 9.17) is 21.7 Å². The smallest absolute Gasteiger partial charge is 0.326 e. The molecule has 2 aliphatic rings. The zero-order valence-electron chi connectivity index (χ0n) is 17.3. The zero-order chi connectivity index (χ0) is 23.2. The molecule has 2 aliphatic heterocycles. The van der Waals surface area contributed by atoms with Crippen LogP contribution in [0.2, 0.25) is 0 Å². The van der Waals surface area contributed by atoms with Gasteiger partial charge in [-0.15, -0.1) is 0 Å². The second-order valence-electron chi connectivity index (χ2n) is 6.96. The van der Waals surface area contributed by atoms with Gasteiger partial charge < -0.3 is 14.6 Å². The van der Waals surface area contributed by atoms with Crippen molar-refractivity contribution in [1.29, 1.82) is 0 Å². The number of carbonyl (C=O) groups is 3. The Morgan fingerprint density at radius 2 is 1.78 bits per heavy atom. The monoisotopic (exact) mass is 470 g/mol. The standard InChI is InChI=1S/C22H18N2O6S2/c1-11(21(27)28)23-14-7-5-4-6-13(14)17(19(23)25)18-20(26)24(22(31)32-18)15-10-12(29-2)8-9-16(15)30-3/h4-11H,1-3H3,(H,27,28). The number of thioether (sulfide) groups is 1. The molecule has 0 bridgehead atoms. The summed E-state index contributed by atoms with van der Waals surface area (Å²) in [6, 6.07) is 10.7. The Hall–Kier alpha value is -3.37. The molecule has 8 nitrogen and oxygen atoms in total. The number of hydrogen-bond donors (Lipinski definition) is 1. The molecule has 1 saturated heterocycles. The van der Waals surface area contributed by atoms with Gasteiger partial charge in [-0.05, 0) is 25.1 Å². The highest BCUT2D eigenvalue weighted by atomic mass is 32.2. The number of methoxy groups -OCH3 is 2. The number of amides is 2. The third-order valence-corrected chi connectivity index (χ3v) is 6.61. The molecule has 2 amide bonds. The number of thiocarbonyl (C=S) groups is 1. The molecule has 4 rings (SSSR count). The minimum atomic E-state index is -1.15. The summed E-state index contributed by atoms with van der Waals surface area (Å²) in [4.78, 5) is 41.1.